The van der Waals surface area contributed by atoms with Crippen LogP contribution in [0.4, 0.5) is 0 Å². The Morgan fingerprint density at radius 1 is 1.14 bits per heavy atom. The summed E-state index contributed by atoms with van der Waals surface area (Å²) in [7, 11) is -4.67. The summed E-state index contributed by atoms with van der Waals surface area (Å²) >= 11 is 0. The second-order valence-electron chi connectivity index (χ2n) is 0.448. The molecule has 4 nitrogen and oxygen atoms in total. The van der Waals surface area contributed by atoms with Crippen LogP contribution in [0.3, 0.4) is 0 Å². The van der Waals surface area contributed by atoms with Gasteiger partial charge in [0.1, 0.15) is 0 Å². The molecule has 7 heteroatoms. The molecule has 0 spiro atoms. The van der Waals surface area contributed by atoms with Gasteiger partial charge in [-0.3, -0.25) is 9.11 Å². The summed E-state index contributed by atoms with van der Waals surface area (Å²) in [5, 5.41) is 0. The van der Waals surface area contributed by atoms with Gasteiger partial charge < -0.3 is 0 Å². The zero-order valence-electron chi connectivity index (χ0n) is 2.44. The first kappa shape index (κ1) is 16.1. The zero-order chi connectivity index (χ0) is 4.50. The number of hydrogen-bond acceptors (Lipinski definition) is 2. The van der Waals surface area contributed by atoms with Gasteiger partial charge in [-0.2, -0.15) is 8.42 Å². The molecule has 0 aliphatic rings. The fourth-order valence-corrected chi connectivity index (χ4v) is 0. The molecule has 0 saturated heterocycles. The Morgan fingerprint density at radius 2 is 1.14 bits per heavy atom. The van der Waals surface area contributed by atoms with E-state index < -0.39 is 10.4 Å². The molecule has 0 rings (SSSR count). The molecule has 0 unspecified atom stereocenters. The van der Waals surface area contributed by atoms with Gasteiger partial charge >= 0.3 is 59.3 Å². The molecule has 0 saturated carbocycles. The molecule has 0 aromatic rings. The maximum absolute atomic E-state index is 8.74. The van der Waals surface area contributed by atoms with Gasteiger partial charge in [0.2, 0.25) is 0 Å². The Morgan fingerprint density at radius 3 is 1.14 bits per heavy atom. The van der Waals surface area contributed by atoms with Crippen molar-refractivity contribution in [1.29, 1.82) is 0 Å². The molecular weight excluding hydrogens is 428 g/mol. The third kappa shape index (κ3) is 67.3. The van der Waals surface area contributed by atoms with Crippen LogP contribution in [-0.2, 0) is 31.5 Å². The van der Waals surface area contributed by atoms with Crippen LogP contribution in [0, 0.1) is 0 Å². The number of rotatable bonds is 0. The summed E-state index contributed by atoms with van der Waals surface area (Å²) in [6.07, 6.45) is 0. The summed E-state index contributed by atoms with van der Waals surface area (Å²) in [5.41, 5.74) is 0. The van der Waals surface area contributed by atoms with E-state index >= 15 is 0 Å². The third-order valence-electron chi connectivity index (χ3n) is 0. The normalized spacial score (nSPS) is 8.29. The van der Waals surface area contributed by atoms with E-state index in [1.54, 1.807) is 0 Å². The third-order valence-corrected chi connectivity index (χ3v) is 0. The average molecular weight is 433 g/mol. The van der Waals surface area contributed by atoms with E-state index in [2.05, 4.69) is 0 Å². The zero-order valence-corrected chi connectivity index (χ0v) is 5.52. The smallest absolute Gasteiger partial charge is 0 e. The minimum absolute atomic E-state index is 0. The maximum Gasteiger partial charge on any atom is 0 e. The van der Waals surface area contributed by atoms with Crippen LogP contribution in [0.15, 0.2) is 0 Å². The van der Waals surface area contributed by atoms with Crippen molar-refractivity contribution in [3.8, 4) is 0 Å². The van der Waals surface area contributed by atoms with Crippen LogP contribution < -0.4 is 0 Å². The van der Waals surface area contributed by atoms with E-state index in [0.29, 0.717) is 0 Å². The second-order valence-corrected chi connectivity index (χ2v) is 1.34. The van der Waals surface area contributed by atoms with Crippen molar-refractivity contribution in [1.82, 2.24) is 0 Å². The van der Waals surface area contributed by atoms with E-state index in [-0.39, 0.29) is 69.9 Å². The summed E-state index contributed by atoms with van der Waals surface area (Å²) in [6.45, 7) is 0. The summed E-state index contributed by atoms with van der Waals surface area (Å²) in [6, 6.07) is 0. The Hall–Kier alpha value is 2.13. The molecule has 0 bridgehead atoms. The van der Waals surface area contributed by atoms with Crippen molar-refractivity contribution >= 4 is 59.3 Å². The van der Waals surface area contributed by atoms with Gasteiger partial charge in [-0.05, 0) is 0 Å². The molecule has 0 aliphatic heterocycles. The summed E-state index contributed by atoms with van der Waals surface area (Å²) in [4.78, 5) is 0. The molecule has 0 heterocycles. The Balaban J connectivity index is -0.0000000800. The average Bonchev–Trinajstić information content (AvgIpc) is 0.722. The van der Waals surface area contributed by atoms with Gasteiger partial charge in [-0.15, -0.1) is 0 Å². The van der Waals surface area contributed by atoms with Crippen molar-refractivity contribution in [2.24, 2.45) is 0 Å². The molecule has 0 aliphatic carbocycles. The summed E-state index contributed by atoms with van der Waals surface area (Å²) in [5.74, 6) is 0. The topological polar surface area (TPSA) is 74.6 Å². The van der Waals surface area contributed by atoms with Crippen molar-refractivity contribution < 1.29 is 38.6 Å². The van der Waals surface area contributed by atoms with E-state index in [1.807, 2.05) is 0 Å². The van der Waals surface area contributed by atoms with Gasteiger partial charge in [0.05, 0.1) is 0 Å². The molecule has 0 aromatic heterocycles. The standard InChI is InChI=1S/Ba.H2O4S.Pt.2H/c;1-5(2,3)4;;;/h;(H2,1,2,3,4);;;. The molecule has 2 N–H and O–H groups in total. The van der Waals surface area contributed by atoms with E-state index in [4.69, 9.17) is 17.5 Å². The van der Waals surface area contributed by atoms with Crippen LogP contribution in [-0.4, -0.2) is 66.4 Å². The Bertz CT molecular complexity index is 94.9. The molecule has 0 atom stereocenters. The molecule has 0 radical (unpaired) electrons. The number of hydrogen-bond donors (Lipinski definition) is 2. The van der Waals surface area contributed by atoms with Crippen LogP contribution in [0.1, 0.15) is 0 Å². The molecule has 0 amide bonds. The Kier molecular flexibility index (Phi) is 14.3. The Labute approximate surface area is 96.0 Å². The molecule has 0 fully saturated rings. The minimum Gasteiger partial charge on any atom is 0 e. The fraction of sp³-hybridized carbons (Fsp3) is 0. The first-order valence-corrected chi connectivity index (χ1v) is 2.10. The van der Waals surface area contributed by atoms with Crippen molar-refractivity contribution in [3.63, 3.8) is 0 Å². The van der Waals surface area contributed by atoms with Gasteiger partial charge in [0.15, 0.2) is 0 Å². The molecule has 46 valence electrons. The van der Waals surface area contributed by atoms with Crippen molar-refractivity contribution in [3.05, 3.63) is 0 Å². The largest absolute Gasteiger partial charge is 0 e. The SMILES string of the molecule is O=S(=O)(O)O.[BaH2].[Pt]. The van der Waals surface area contributed by atoms with Gasteiger partial charge in [-0.1, -0.05) is 0 Å². The molecular formula is H4BaO4PtS. The predicted molar refractivity (Wildman–Crippen MR) is 22.7 cm³/mol. The van der Waals surface area contributed by atoms with E-state index in [9.17, 15) is 0 Å². The summed E-state index contributed by atoms with van der Waals surface area (Å²) < 4.78 is 31.6. The first-order valence-electron chi connectivity index (χ1n) is 0.698. The van der Waals surface area contributed by atoms with Crippen molar-refractivity contribution in [2.45, 2.75) is 0 Å². The minimum atomic E-state index is -4.67. The van der Waals surface area contributed by atoms with Crippen molar-refractivity contribution in [2.75, 3.05) is 0 Å². The van der Waals surface area contributed by atoms with E-state index in [0.717, 1.165) is 0 Å². The molecule has 0 aromatic carbocycles. The van der Waals surface area contributed by atoms with Gasteiger partial charge in [-0.25, -0.2) is 0 Å². The maximum atomic E-state index is 8.74. The second kappa shape index (κ2) is 6.25. The van der Waals surface area contributed by atoms with Crippen LogP contribution in [0.25, 0.3) is 0 Å². The van der Waals surface area contributed by atoms with Crippen LogP contribution in [0.2, 0.25) is 0 Å². The quantitative estimate of drug-likeness (QED) is 0.358. The van der Waals surface area contributed by atoms with Crippen LogP contribution in [0.5, 0.6) is 0 Å². The fourth-order valence-electron chi connectivity index (χ4n) is 0. The van der Waals surface area contributed by atoms with E-state index in [1.165, 1.54) is 0 Å². The monoisotopic (exact) mass is 433 g/mol. The van der Waals surface area contributed by atoms with Gasteiger partial charge in [0.25, 0.3) is 0 Å². The molecule has 7 heavy (non-hydrogen) atoms. The van der Waals surface area contributed by atoms with Gasteiger partial charge in [0, 0.05) is 21.1 Å². The first-order chi connectivity index (χ1) is 2.00. The van der Waals surface area contributed by atoms with Crippen LogP contribution >= 0.6 is 0 Å². The predicted octanol–water partition coefficient (Wildman–Crippen LogP) is -1.57.